The fraction of sp³-hybridized carbons (Fsp3) is 0.812. The highest BCUT2D eigenvalue weighted by molar-refractivity contribution is 5.77. The van der Waals surface area contributed by atoms with Gasteiger partial charge in [0, 0.05) is 19.1 Å². The molecule has 2 rings (SSSR count). The van der Waals surface area contributed by atoms with E-state index in [1.54, 1.807) is 11.8 Å². The van der Waals surface area contributed by atoms with Gasteiger partial charge in [0.05, 0.1) is 18.4 Å². The van der Waals surface area contributed by atoms with Gasteiger partial charge in [-0.3, -0.25) is 9.59 Å². The summed E-state index contributed by atoms with van der Waals surface area (Å²) in [6.45, 7) is 3.08. The van der Waals surface area contributed by atoms with Crippen molar-refractivity contribution < 1.29 is 24.2 Å². The second-order valence-electron chi connectivity index (χ2n) is 6.37. The number of nitrogens with one attached hydrogen (secondary N) is 1. The van der Waals surface area contributed by atoms with E-state index in [-0.39, 0.29) is 30.5 Å². The number of carboxylic acids is 1. The summed E-state index contributed by atoms with van der Waals surface area (Å²) < 4.78 is 5.04. The summed E-state index contributed by atoms with van der Waals surface area (Å²) in [6.07, 6.45) is 4.31. The molecule has 0 radical (unpaired) electrons. The number of esters is 1. The number of ether oxygens (including phenoxy) is 1. The van der Waals surface area contributed by atoms with Crippen molar-refractivity contribution in [2.45, 2.75) is 51.5 Å². The topological polar surface area (TPSA) is 95.9 Å². The molecule has 7 heteroatoms. The Kier molecular flexibility index (Phi) is 6.24. The van der Waals surface area contributed by atoms with Gasteiger partial charge in [-0.05, 0) is 45.4 Å². The number of urea groups is 1. The van der Waals surface area contributed by atoms with Gasteiger partial charge in [-0.2, -0.15) is 0 Å². The van der Waals surface area contributed by atoms with E-state index >= 15 is 0 Å². The Labute approximate surface area is 136 Å². The lowest BCUT2D eigenvalue weighted by atomic mass is 9.86. The number of carbonyl (C=O) groups is 3. The molecule has 1 unspecified atom stereocenters. The first-order chi connectivity index (χ1) is 11.0. The largest absolute Gasteiger partial charge is 0.481 e. The lowest BCUT2D eigenvalue weighted by molar-refractivity contribution is -0.149. The molecule has 0 aromatic carbocycles. The Hall–Kier alpha value is -1.79. The van der Waals surface area contributed by atoms with Gasteiger partial charge in [-0.1, -0.05) is 0 Å². The van der Waals surface area contributed by atoms with Crippen molar-refractivity contribution in [3.8, 4) is 0 Å². The molecule has 1 saturated heterocycles. The SMILES string of the molecule is CCOC(=O)C1CCC(NC(=O)N2CCCC(C(=O)O)C2)CC1. The number of hydrogen-bond donors (Lipinski definition) is 2. The predicted octanol–water partition coefficient (Wildman–Crippen LogP) is 1.61. The Morgan fingerprint density at radius 3 is 2.43 bits per heavy atom. The van der Waals surface area contributed by atoms with Crippen molar-refractivity contribution >= 4 is 18.0 Å². The van der Waals surface area contributed by atoms with Crippen LogP contribution >= 0.6 is 0 Å². The molecule has 0 spiro atoms. The number of amides is 2. The van der Waals surface area contributed by atoms with Crippen LogP contribution in [0.1, 0.15) is 45.4 Å². The van der Waals surface area contributed by atoms with Gasteiger partial charge in [-0.25, -0.2) is 4.79 Å². The lowest BCUT2D eigenvalue weighted by Crippen LogP contribution is -2.50. The summed E-state index contributed by atoms with van der Waals surface area (Å²) in [7, 11) is 0. The van der Waals surface area contributed by atoms with Crippen molar-refractivity contribution in [2.75, 3.05) is 19.7 Å². The number of aliphatic carboxylic acids is 1. The quantitative estimate of drug-likeness (QED) is 0.765. The van der Waals surface area contributed by atoms with Crippen LogP contribution in [-0.2, 0) is 14.3 Å². The molecule has 23 heavy (non-hydrogen) atoms. The number of nitrogens with zero attached hydrogens (tertiary/aromatic N) is 1. The third kappa shape index (κ3) is 4.84. The van der Waals surface area contributed by atoms with E-state index in [0.29, 0.717) is 19.6 Å². The molecule has 0 bridgehead atoms. The average molecular weight is 326 g/mol. The highest BCUT2D eigenvalue weighted by Crippen LogP contribution is 2.26. The first-order valence-electron chi connectivity index (χ1n) is 8.46. The van der Waals surface area contributed by atoms with Crippen LogP contribution in [0.2, 0.25) is 0 Å². The van der Waals surface area contributed by atoms with Crippen LogP contribution < -0.4 is 5.32 Å². The molecular formula is C16H26N2O5. The molecule has 1 heterocycles. The number of piperidine rings is 1. The van der Waals surface area contributed by atoms with E-state index in [4.69, 9.17) is 9.84 Å². The van der Waals surface area contributed by atoms with Crippen molar-refractivity contribution in [2.24, 2.45) is 11.8 Å². The third-order valence-corrected chi connectivity index (χ3v) is 4.73. The standard InChI is InChI=1S/C16H26N2O5/c1-2-23-15(21)11-5-7-13(8-6-11)17-16(22)18-9-3-4-12(10-18)14(19)20/h11-13H,2-10H2,1H3,(H,17,22)(H,19,20). The van der Waals surface area contributed by atoms with Gasteiger partial charge < -0.3 is 20.1 Å². The van der Waals surface area contributed by atoms with Crippen LogP contribution in [0, 0.1) is 11.8 Å². The average Bonchev–Trinajstić information content (AvgIpc) is 2.55. The second-order valence-corrected chi connectivity index (χ2v) is 6.37. The Morgan fingerprint density at radius 1 is 1.13 bits per heavy atom. The molecule has 2 fully saturated rings. The van der Waals surface area contributed by atoms with Crippen LogP contribution in [-0.4, -0.2) is 53.7 Å². The molecular weight excluding hydrogens is 300 g/mol. The van der Waals surface area contributed by atoms with E-state index < -0.39 is 11.9 Å². The van der Waals surface area contributed by atoms with E-state index in [2.05, 4.69) is 5.32 Å². The zero-order valence-electron chi connectivity index (χ0n) is 13.6. The first kappa shape index (κ1) is 17.6. The molecule has 1 aliphatic heterocycles. The van der Waals surface area contributed by atoms with Crippen LogP contribution in [0.25, 0.3) is 0 Å². The van der Waals surface area contributed by atoms with E-state index in [1.165, 1.54) is 0 Å². The van der Waals surface area contributed by atoms with Gasteiger partial charge in [0.2, 0.25) is 0 Å². The summed E-state index contributed by atoms with van der Waals surface area (Å²) in [5.74, 6) is -1.50. The van der Waals surface area contributed by atoms with Gasteiger partial charge in [0.25, 0.3) is 0 Å². The van der Waals surface area contributed by atoms with Crippen LogP contribution in [0.4, 0.5) is 4.79 Å². The first-order valence-corrected chi connectivity index (χ1v) is 8.46. The number of rotatable bonds is 4. The van der Waals surface area contributed by atoms with Crippen molar-refractivity contribution in [1.29, 1.82) is 0 Å². The van der Waals surface area contributed by atoms with E-state index in [1.807, 2.05) is 0 Å². The molecule has 2 N–H and O–H groups in total. The molecule has 7 nitrogen and oxygen atoms in total. The van der Waals surface area contributed by atoms with Gasteiger partial charge in [0.15, 0.2) is 0 Å². The van der Waals surface area contributed by atoms with Gasteiger partial charge in [-0.15, -0.1) is 0 Å². The molecule has 2 amide bonds. The maximum absolute atomic E-state index is 12.3. The molecule has 1 atom stereocenters. The molecule has 0 aromatic heterocycles. The zero-order chi connectivity index (χ0) is 16.8. The predicted molar refractivity (Wildman–Crippen MR) is 82.8 cm³/mol. The lowest BCUT2D eigenvalue weighted by Gasteiger charge is -2.34. The highest BCUT2D eigenvalue weighted by Gasteiger charge is 2.31. The normalized spacial score (nSPS) is 28.0. The monoisotopic (exact) mass is 326 g/mol. The Balaban J connectivity index is 1.76. The minimum absolute atomic E-state index is 0.0541. The molecule has 1 aliphatic carbocycles. The highest BCUT2D eigenvalue weighted by atomic mass is 16.5. The maximum Gasteiger partial charge on any atom is 0.317 e. The summed E-state index contributed by atoms with van der Waals surface area (Å²) in [5.41, 5.74) is 0. The third-order valence-electron chi connectivity index (χ3n) is 4.73. The molecule has 2 aliphatic rings. The van der Waals surface area contributed by atoms with Crippen LogP contribution in [0.3, 0.4) is 0 Å². The Bertz CT molecular complexity index is 446. The minimum Gasteiger partial charge on any atom is -0.481 e. The molecule has 1 saturated carbocycles. The smallest absolute Gasteiger partial charge is 0.317 e. The molecule has 0 aromatic rings. The summed E-state index contributed by atoms with van der Waals surface area (Å²) in [4.78, 5) is 36.6. The maximum atomic E-state index is 12.3. The Morgan fingerprint density at radius 2 is 1.83 bits per heavy atom. The number of carbonyl (C=O) groups excluding carboxylic acids is 2. The number of carboxylic acid groups (broad SMARTS) is 1. The van der Waals surface area contributed by atoms with E-state index in [0.717, 1.165) is 32.1 Å². The summed E-state index contributed by atoms with van der Waals surface area (Å²) in [5, 5.41) is 12.1. The summed E-state index contributed by atoms with van der Waals surface area (Å²) in [6, 6.07) is -0.131. The number of hydrogen-bond acceptors (Lipinski definition) is 4. The van der Waals surface area contributed by atoms with Crippen molar-refractivity contribution in [3.05, 3.63) is 0 Å². The van der Waals surface area contributed by atoms with Crippen LogP contribution in [0.15, 0.2) is 0 Å². The second kappa shape index (κ2) is 8.17. The van der Waals surface area contributed by atoms with Crippen molar-refractivity contribution in [3.63, 3.8) is 0 Å². The van der Waals surface area contributed by atoms with Crippen molar-refractivity contribution in [1.82, 2.24) is 10.2 Å². The minimum atomic E-state index is -0.836. The summed E-state index contributed by atoms with van der Waals surface area (Å²) >= 11 is 0. The fourth-order valence-corrected chi connectivity index (χ4v) is 3.36. The zero-order valence-corrected chi connectivity index (χ0v) is 13.6. The molecule has 130 valence electrons. The van der Waals surface area contributed by atoms with E-state index in [9.17, 15) is 14.4 Å². The van der Waals surface area contributed by atoms with Crippen LogP contribution in [0.5, 0.6) is 0 Å². The van der Waals surface area contributed by atoms with Gasteiger partial charge >= 0.3 is 18.0 Å². The fourth-order valence-electron chi connectivity index (χ4n) is 3.36. The number of likely N-dealkylation sites (tertiary alicyclic amines) is 1. The van der Waals surface area contributed by atoms with Gasteiger partial charge in [0.1, 0.15) is 0 Å².